The summed E-state index contributed by atoms with van der Waals surface area (Å²) in [6, 6.07) is 0. The van der Waals surface area contributed by atoms with E-state index >= 15 is 0 Å². The van der Waals surface area contributed by atoms with Gasteiger partial charge in [-0.15, -0.1) is 0 Å². The molecule has 1 amide bonds. The predicted molar refractivity (Wildman–Crippen MR) is 44.4 cm³/mol. The number of carbonyl (C=O) groups excluding carboxylic acids is 2. The molecule has 3 unspecified atom stereocenters. The van der Waals surface area contributed by atoms with Gasteiger partial charge in [0.1, 0.15) is 0 Å². The van der Waals surface area contributed by atoms with Gasteiger partial charge in [0.25, 0.3) is 0 Å². The molecule has 1 heterocycles. The van der Waals surface area contributed by atoms with Gasteiger partial charge in [-0.1, -0.05) is 24.3 Å². The van der Waals surface area contributed by atoms with Gasteiger partial charge < -0.3 is 10.4 Å². The molecule has 13 heavy (non-hydrogen) atoms. The summed E-state index contributed by atoms with van der Waals surface area (Å²) in [6.07, 6.45) is 5.42. The molecule has 2 aliphatic rings. The third-order valence-electron chi connectivity index (χ3n) is 2.31. The molecule has 1 saturated heterocycles. The Hall–Kier alpha value is -1.42. The molecule has 0 saturated carbocycles. The van der Waals surface area contributed by atoms with E-state index in [0.29, 0.717) is 0 Å². The van der Waals surface area contributed by atoms with E-state index in [1.165, 1.54) is 0 Å². The van der Waals surface area contributed by atoms with Crippen molar-refractivity contribution in [3.8, 4) is 0 Å². The molecular formula is C9H9NO3. The second kappa shape index (κ2) is 2.81. The molecule has 2 rings (SSSR count). The van der Waals surface area contributed by atoms with Crippen LogP contribution in [0.25, 0.3) is 0 Å². The zero-order chi connectivity index (χ0) is 9.42. The Morgan fingerprint density at radius 2 is 1.77 bits per heavy atom. The van der Waals surface area contributed by atoms with Gasteiger partial charge in [-0.05, 0) is 0 Å². The Kier molecular flexibility index (Phi) is 1.77. The number of fused-ring (bicyclic) bond motifs is 1. The van der Waals surface area contributed by atoms with Crippen molar-refractivity contribution in [2.24, 2.45) is 11.8 Å². The van der Waals surface area contributed by atoms with Crippen LogP contribution >= 0.6 is 0 Å². The number of nitrogens with one attached hydrogen (secondary N) is 1. The number of piperidine rings is 1. The highest BCUT2D eigenvalue weighted by molar-refractivity contribution is 5.99. The lowest BCUT2D eigenvalue weighted by Crippen LogP contribution is -2.54. The van der Waals surface area contributed by atoms with Crippen molar-refractivity contribution in [3.05, 3.63) is 24.3 Å². The van der Waals surface area contributed by atoms with E-state index in [9.17, 15) is 9.59 Å². The third kappa shape index (κ3) is 1.19. The number of hydrogen-bond donors (Lipinski definition) is 2. The molecule has 68 valence electrons. The fourth-order valence-corrected chi connectivity index (χ4v) is 1.61. The van der Waals surface area contributed by atoms with Crippen LogP contribution in [-0.4, -0.2) is 23.0 Å². The zero-order valence-corrected chi connectivity index (χ0v) is 6.81. The van der Waals surface area contributed by atoms with Crippen LogP contribution in [0.5, 0.6) is 0 Å². The van der Waals surface area contributed by atoms with E-state index in [1.54, 1.807) is 24.3 Å². The van der Waals surface area contributed by atoms with Gasteiger partial charge in [0.15, 0.2) is 12.0 Å². The number of aliphatic hydroxyl groups excluding tert-OH is 1. The summed E-state index contributed by atoms with van der Waals surface area (Å²) >= 11 is 0. The number of ketones is 1. The first-order chi connectivity index (χ1) is 6.20. The lowest BCUT2D eigenvalue weighted by molar-refractivity contribution is -0.146. The second-order valence-corrected chi connectivity index (χ2v) is 3.13. The van der Waals surface area contributed by atoms with Crippen LogP contribution in [0.1, 0.15) is 0 Å². The van der Waals surface area contributed by atoms with Crippen molar-refractivity contribution < 1.29 is 14.7 Å². The van der Waals surface area contributed by atoms with Crippen LogP contribution in [0, 0.1) is 11.8 Å². The summed E-state index contributed by atoms with van der Waals surface area (Å²) in [5.74, 6) is -1.57. The van der Waals surface area contributed by atoms with Gasteiger partial charge in [0.2, 0.25) is 5.91 Å². The topological polar surface area (TPSA) is 66.4 Å². The van der Waals surface area contributed by atoms with E-state index in [2.05, 4.69) is 5.32 Å². The van der Waals surface area contributed by atoms with E-state index in [4.69, 9.17) is 5.11 Å². The molecule has 0 aromatic heterocycles. The van der Waals surface area contributed by atoms with E-state index < -0.39 is 18.1 Å². The molecule has 1 aliphatic carbocycles. The molecule has 0 radical (unpaired) electrons. The van der Waals surface area contributed by atoms with Crippen LogP contribution in [0.15, 0.2) is 24.3 Å². The van der Waals surface area contributed by atoms with Crippen LogP contribution in [-0.2, 0) is 9.59 Å². The zero-order valence-electron chi connectivity index (χ0n) is 6.81. The maximum atomic E-state index is 11.4. The van der Waals surface area contributed by atoms with Crippen molar-refractivity contribution >= 4 is 11.7 Å². The molecular weight excluding hydrogens is 170 g/mol. The highest BCUT2D eigenvalue weighted by atomic mass is 16.3. The van der Waals surface area contributed by atoms with E-state index in [0.717, 1.165) is 0 Å². The van der Waals surface area contributed by atoms with Gasteiger partial charge >= 0.3 is 0 Å². The number of allylic oxidation sites excluding steroid dienone is 3. The third-order valence-corrected chi connectivity index (χ3v) is 2.31. The lowest BCUT2D eigenvalue weighted by atomic mass is 9.81. The first-order valence-corrected chi connectivity index (χ1v) is 4.07. The molecule has 1 fully saturated rings. The number of aliphatic hydroxyl groups is 1. The number of carbonyl (C=O) groups is 2. The van der Waals surface area contributed by atoms with Gasteiger partial charge in [-0.3, -0.25) is 9.59 Å². The van der Waals surface area contributed by atoms with Crippen molar-refractivity contribution in [3.63, 3.8) is 0 Å². The largest absolute Gasteiger partial charge is 0.367 e. The molecule has 0 spiro atoms. The Bertz CT molecular complexity index is 319. The number of amides is 1. The smallest absolute Gasteiger partial charge is 0.230 e. The minimum Gasteiger partial charge on any atom is -0.367 e. The molecule has 1 aliphatic heterocycles. The first-order valence-electron chi connectivity index (χ1n) is 4.07. The van der Waals surface area contributed by atoms with Crippen molar-refractivity contribution in [2.45, 2.75) is 6.23 Å². The molecule has 3 atom stereocenters. The van der Waals surface area contributed by atoms with Gasteiger partial charge in [0.05, 0.1) is 11.8 Å². The quantitative estimate of drug-likeness (QED) is 0.520. The highest BCUT2D eigenvalue weighted by Gasteiger charge is 2.40. The molecule has 2 N–H and O–H groups in total. The van der Waals surface area contributed by atoms with Crippen LogP contribution in [0.4, 0.5) is 0 Å². The number of hydrogen-bond acceptors (Lipinski definition) is 3. The fourth-order valence-electron chi connectivity index (χ4n) is 1.61. The van der Waals surface area contributed by atoms with Crippen molar-refractivity contribution in [1.82, 2.24) is 5.32 Å². The fraction of sp³-hybridized carbons (Fsp3) is 0.333. The van der Waals surface area contributed by atoms with Gasteiger partial charge in [-0.2, -0.15) is 0 Å². The Morgan fingerprint density at radius 1 is 1.15 bits per heavy atom. The Labute approximate surface area is 74.9 Å². The monoisotopic (exact) mass is 179 g/mol. The number of Topliss-reactive ketones (excluding diaryl/α,β-unsaturated/α-hetero) is 1. The van der Waals surface area contributed by atoms with Crippen LogP contribution < -0.4 is 5.32 Å². The SMILES string of the molecule is O=C1NC(O)C(=O)C2C=CC=CC12. The van der Waals surface area contributed by atoms with E-state index in [1.807, 2.05) is 0 Å². The summed E-state index contributed by atoms with van der Waals surface area (Å²) in [6.45, 7) is 0. The maximum absolute atomic E-state index is 11.4. The summed E-state index contributed by atoms with van der Waals surface area (Å²) in [5.41, 5.74) is 0. The summed E-state index contributed by atoms with van der Waals surface area (Å²) in [5, 5.41) is 11.4. The average Bonchev–Trinajstić information content (AvgIpc) is 2.15. The Morgan fingerprint density at radius 3 is 2.46 bits per heavy atom. The average molecular weight is 179 g/mol. The van der Waals surface area contributed by atoms with E-state index in [-0.39, 0.29) is 11.7 Å². The van der Waals surface area contributed by atoms with Crippen LogP contribution in [0.2, 0.25) is 0 Å². The summed E-state index contributed by atoms with van der Waals surface area (Å²) in [4.78, 5) is 22.6. The van der Waals surface area contributed by atoms with Crippen molar-refractivity contribution in [1.29, 1.82) is 0 Å². The number of rotatable bonds is 0. The highest BCUT2D eigenvalue weighted by Crippen LogP contribution is 2.25. The molecule has 0 aromatic carbocycles. The predicted octanol–water partition coefficient (Wildman–Crippen LogP) is -0.638. The minimum atomic E-state index is -1.34. The standard InChI is InChI=1S/C9H9NO3/c11-7-5-3-1-2-4-6(5)8(12)10-9(7)13/h1-6,9,13H,(H,10,12). The van der Waals surface area contributed by atoms with Gasteiger partial charge in [0, 0.05) is 0 Å². The lowest BCUT2D eigenvalue weighted by Gasteiger charge is -2.30. The molecule has 0 bridgehead atoms. The van der Waals surface area contributed by atoms with Crippen LogP contribution in [0.3, 0.4) is 0 Å². The summed E-state index contributed by atoms with van der Waals surface area (Å²) < 4.78 is 0. The minimum absolute atomic E-state index is 0.294. The van der Waals surface area contributed by atoms with Gasteiger partial charge in [-0.25, -0.2) is 0 Å². The second-order valence-electron chi connectivity index (χ2n) is 3.13. The van der Waals surface area contributed by atoms with Crippen molar-refractivity contribution in [2.75, 3.05) is 0 Å². The Balaban J connectivity index is 2.32. The molecule has 0 aromatic rings. The first kappa shape index (κ1) is 8.19. The maximum Gasteiger partial charge on any atom is 0.230 e. The molecule has 4 heteroatoms. The molecule has 4 nitrogen and oxygen atoms in total. The normalized spacial score (nSPS) is 37.2. The summed E-state index contributed by atoms with van der Waals surface area (Å²) in [7, 11) is 0.